The molecule has 1 saturated carbocycles. The molecule has 132 valence electrons. The highest BCUT2D eigenvalue weighted by atomic mass is 16.5. The van der Waals surface area contributed by atoms with Gasteiger partial charge in [0.2, 0.25) is 5.91 Å². The third-order valence-electron chi connectivity index (χ3n) is 6.33. The van der Waals surface area contributed by atoms with E-state index in [2.05, 4.69) is 41.0 Å². The van der Waals surface area contributed by atoms with E-state index in [1.54, 1.807) is 25.7 Å². The summed E-state index contributed by atoms with van der Waals surface area (Å²) in [6, 6.07) is 0.188. The summed E-state index contributed by atoms with van der Waals surface area (Å²) in [6.07, 6.45) is 7.76. The number of carbonyl (C=O) groups is 1. The number of amides is 1. The topological polar surface area (TPSA) is 67.3 Å². The van der Waals surface area contributed by atoms with Gasteiger partial charge in [0.15, 0.2) is 0 Å². The van der Waals surface area contributed by atoms with Crippen LogP contribution in [0.5, 0.6) is 0 Å². The average Bonchev–Trinajstić information content (AvgIpc) is 2.62. The van der Waals surface area contributed by atoms with Crippen LogP contribution in [0.2, 0.25) is 0 Å². The predicted molar refractivity (Wildman–Crippen MR) is 92.7 cm³/mol. The van der Waals surface area contributed by atoms with E-state index < -0.39 is 0 Å². The molecule has 1 aliphatic carbocycles. The van der Waals surface area contributed by atoms with E-state index in [0.29, 0.717) is 0 Å². The molecule has 2 atom stereocenters. The minimum absolute atomic E-state index is 0.0439. The summed E-state index contributed by atoms with van der Waals surface area (Å²) >= 11 is 0. The number of nitrogens with zero attached hydrogens (tertiary/aromatic N) is 3. The average molecular weight is 332 g/mol. The van der Waals surface area contributed by atoms with Crippen LogP contribution < -0.4 is 10.2 Å². The van der Waals surface area contributed by atoms with E-state index in [1.165, 1.54) is 0 Å². The smallest absolute Gasteiger partial charge is 0.223 e. The first-order valence-electron chi connectivity index (χ1n) is 8.74. The molecule has 6 nitrogen and oxygen atoms in total. The predicted octanol–water partition coefficient (Wildman–Crippen LogP) is 2.01. The van der Waals surface area contributed by atoms with Gasteiger partial charge >= 0.3 is 0 Å². The van der Waals surface area contributed by atoms with E-state index in [4.69, 9.17) is 4.74 Å². The van der Waals surface area contributed by atoms with Gasteiger partial charge in [0.05, 0.1) is 11.8 Å². The number of nitrogens with one attached hydrogen (secondary N) is 1. The molecule has 1 saturated heterocycles. The number of piperidine rings is 1. The van der Waals surface area contributed by atoms with Crippen molar-refractivity contribution in [3.63, 3.8) is 0 Å². The van der Waals surface area contributed by atoms with Gasteiger partial charge in [-0.25, -0.2) is 4.98 Å². The normalized spacial score (nSPS) is 29.8. The Morgan fingerprint density at radius 3 is 2.54 bits per heavy atom. The summed E-state index contributed by atoms with van der Waals surface area (Å²) < 4.78 is 5.64. The minimum atomic E-state index is -0.152. The van der Waals surface area contributed by atoms with Crippen LogP contribution in [-0.2, 0) is 9.53 Å². The lowest BCUT2D eigenvalue weighted by molar-refractivity contribution is -0.183. The first-order valence-corrected chi connectivity index (χ1v) is 8.74. The molecule has 0 aromatic carbocycles. The fourth-order valence-electron chi connectivity index (χ4n) is 3.84. The van der Waals surface area contributed by atoms with Gasteiger partial charge in [-0.1, -0.05) is 13.8 Å². The van der Waals surface area contributed by atoms with Crippen LogP contribution in [0.4, 0.5) is 5.82 Å². The van der Waals surface area contributed by atoms with Crippen LogP contribution in [-0.4, -0.2) is 47.7 Å². The maximum absolute atomic E-state index is 12.6. The molecule has 1 N–H and O–H groups in total. The highest BCUT2D eigenvalue weighted by Crippen LogP contribution is 2.51. The number of methoxy groups -OCH3 is 1. The zero-order chi connectivity index (χ0) is 17.4. The Kier molecular flexibility index (Phi) is 4.51. The van der Waals surface area contributed by atoms with Crippen LogP contribution in [0.25, 0.3) is 0 Å². The molecule has 1 aromatic heterocycles. The summed E-state index contributed by atoms with van der Waals surface area (Å²) in [4.78, 5) is 23.3. The molecule has 1 amide bonds. The van der Waals surface area contributed by atoms with Gasteiger partial charge in [0, 0.05) is 50.0 Å². The fraction of sp³-hybridized carbons (Fsp3) is 0.722. The maximum atomic E-state index is 12.6. The van der Waals surface area contributed by atoms with Crippen molar-refractivity contribution in [3.8, 4) is 0 Å². The molecule has 6 heteroatoms. The summed E-state index contributed by atoms with van der Waals surface area (Å²) in [5, 5.41) is 3.26. The molecule has 0 bridgehead atoms. The number of hydrogen-bond acceptors (Lipinski definition) is 5. The largest absolute Gasteiger partial charge is 0.378 e. The van der Waals surface area contributed by atoms with Crippen molar-refractivity contribution in [1.82, 2.24) is 15.3 Å². The van der Waals surface area contributed by atoms with Crippen molar-refractivity contribution in [2.24, 2.45) is 11.3 Å². The van der Waals surface area contributed by atoms with Gasteiger partial charge in [-0.3, -0.25) is 9.78 Å². The van der Waals surface area contributed by atoms with Crippen LogP contribution in [0.3, 0.4) is 0 Å². The fourth-order valence-corrected chi connectivity index (χ4v) is 3.84. The Morgan fingerprint density at radius 2 is 2.00 bits per heavy atom. The van der Waals surface area contributed by atoms with E-state index in [9.17, 15) is 4.79 Å². The van der Waals surface area contributed by atoms with E-state index in [1.807, 2.05) is 0 Å². The first kappa shape index (κ1) is 17.1. The summed E-state index contributed by atoms with van der Waals surface area (Å²) in [7, 11) is 1.75. The highest BCUT2D eigenvalue weighted by Gasteiger charge is 2.58. The van der Waals surface area contributed by atoms with Crippen molar-refractivity contribution in [2.45, 2.75) is 51.7 Å². The highest BCUT2D eigenvalue weighted by molar-refractivity contribution is 5.79. The van der Waals surface area contributed by atoms with Crippen molar-refractivity contribution in [3.05, 3.63) is 18.6 Å². The van der Waals surface area contributed by atoms with Crippen molar-refractivity contribution in [1.29, 1.82) is 0 Å². The molecular formula is C18H28N4O2. The van der Waals surface area contributed by atoms with Crippen LogP contribution in [0, 0.1) is 11.3 Å². The third kappa shape index (κ3) is 2.88. The van der Waals surface area contributed by atoms with Crippen molar-refractivity contribution in [2.75, 3.05) is 25.1 Å². The third-order valence-corrected chi connectivity index (χ3v) is 6.33. The van der Waals surface area contributed by atoms with Crippen LogP contribution in [0.1, 0.15) is 40.0 Å². The van der Waals surface area contributed by atoms with Gasteiger partial charge in [0.1, 0.15) is 5.82 Å². The molecule has 3 rings (SSSR count). The van der Waals surface area contributed by atoms with E-state index in [0.717, 1.165) is 38.2 Å². The second-order valence-electron chi connectivity index (χ2n) is 7.75. The lowest BCUT2D eigenvalue weighted by atomic mass is 9.55. The minimum Gasteiger partial charge on any atom is -0.378 e. The standard InChI is InChI=1S/C18H28N4O2/c1-17(2)14(11-18(17,3)24-4)21-16(23)13-5-9-22(10-6-13)15-12-19-7-8-20-15/h7-8,12-14H,5-6,9-11H2,1-4H3,(H,21,23)/t14-,18-/m1/s1. The number of carbonyl (C=O) groups excluding carboxylic acids is 1. The molecule has 2 aliphatic rings. The Hall–Kier alpha value is -1.69. The first-order chi connectivity index (χ1) is 11.4. The zero-order valence-electron chi connectivity index (χ0n) is 15.1. The summed E-state index contributed by atoms with van der Waals surface area (Å²) in [6.45, 7) is 8.15. The zero-order valence-corrected chi connectivity index (χ0v) is 15.1. The van der Waals surface area contributed by atoms with Gasteiger partial charge in [-0.05, 0) is 26.2 Å². The van der Waals surface area contributed by atoms with Crippen molar-refractivity contribution >= 4 is 11.7 Å². The lowest BCUT2D eigenvalue weighted by Gasteiger charge is -2.59. The van der Waals surface area contributed by atoms with E-state index in [-0.39, 0.29) is 28.9 Å². The molecular weight excluding hydrogens is 304 g/mol. The molecule has 2 fully saturated rings. The molecule has 24 heavy (non-hydrogen) atoms. The second kappa shape index (κ2) is 6.31. The van der Waals surface area contributed by atoms with Gasteiger partial charge in [0.25, 0.3) is 0 Å². The van der Waals surface area contributed by atoms with Crippen LogP contribution in [0.15, 0.2) is 18.6 Å². The Bertz CT molecular complexity index is 584. The van der Waals surface area contributed by atoms with Gasteiger partial charge in [-0.15, -0.1) is 0 Å². The van der Waals surface area contributed by atoms with Crippen LogP contribution >= 0.6 is 0 Å². The number of rotatable bonds is 4. The van der Waals surface area contributed by atoms with Gasteiger partial charge < -0.3 is 15.0 Å². The van der Waals surface area contributed by atoms with Crippen molar-refractivity contribution < 1.29 is 9.53 Å². The quantitative estimate of drug-likeness (QED) is 0.913. The maximum Gasteiger partial charge on any atom is 0.223 e. The van der Waals surface area contributed by atoms with E-state index >= 15 is 0 Å². The lowest BCUT2D eigenvalue weighted by Crippen LogP contribution is -2.69. The number of aromatic nitrogens is 2. The molecule has 2 heterocycles. The molecule has 1 aromatic rings. The Balaban J connectivity index is 1.52. The molecule has 0 radical (unpaired) electrons. The van der Waals surface area contributed by atoms with Gasteiger partial charge in [-0.2, -0.15) is 0 Å². The summed E-state index contributed by atoms with van der Waals surface area (Å²) in [5.74, 6) is 1.17. The number of anilines is 1. The molecule has 0 spiro atoms. The second-order valence-corrected chi connectivity index (χ2v) is 7.75. The monoisotopic (exact) mass is 332 g/mol. The molecule has 1 aliphatic heterocycles. The summed E-state index contributed by atoms with van der Waals surface area (Å²) in [5.41, 5.74) is -0.196. The molecule has 0 unspecified atom stereocenters. The Labute approximate surface area is 144 Å². The number of ether oxygens (including phenoxy) is 1. The Morgan fingerprint density at radius 1 is 1.29 bits per heavy atom. The number of hydrogen-bond donors (Lipinski definition) is 1. The SMILES string of the molecule is CO[C@]1(C)C[C@@H](NC(=O)C2CCN(c3cnccn3)CC2)C1(C)C.